The van der Waals surface area contributed by atoms with E-state index >= 15 is 0 Å². The molecule has 0 spiro atoms. The van der Waals surface area contributed by atoms with E-state index in [0.29, 0.717) is 36.3 Å². The molecule has 29 heavy (non-hydrogen) atoms. The van der Waals surface area contributed by atoms with Crippen LogP contribution in [0.1, 0.15) is 37.7 Å². The van der Waals surface area contributed by atoms with Crippen molar-refractivity contribution in [2.75, 3.05) is 15.7 Å². The lowest BCUT2D eigenvalue weighted by molar-refractivity contribution is -0.120. The average Bonchev–Trinajstić information content (AvgIpc) is 3.13. The lowest BCUT2D eigenvalue weighted by atomic mass is 9.87. The molecule has 0 aliphatic carbocycles. The molecule has 2 aromatic carbocycles. The van der Waals surface area contributed by atoms with Crippen LogP contribution in [0.5, 0.6) is 0 Å². The lowest BCUT2D eigenvalue weighted by Crippen LogP contribution is -2.45. The number of para-hydroxylation sites is 1. The van der Waals surface area contributed by atoms with Crippen molar-refractivity contribution < 1.29 is 18.0 Å². The molecule has 2 aromatic rings. The van der Waals surface area contributed by atoms with Crippen LogP contribution in [0.25, 0.3) is 0 Å². The predicted octanol–water partition coefficient (Wildman–Crippen LogP) is 2.37. The topological polar surface area (TPSA) is 101 Å². The fourth-order valence-electron chi connectivity index (χ4n) is 4.25. The maximum absolute atomic E-state index is 13.5. The van der Waals surface area contributed by atoms with Gasteiger partial charge in [0.05, 0.1) is 16.5 Å². The summed E-state index contributed by atoms with van der Waals surface area (Å²) < 4.78 is 28.3. The van der Waals surface area contributed by atoms with E-state index in [4.69, 9.17) is 5.73 Å². The molecule has 8 heteroatoms. The molecule has 0 aromatic heterocycles. The summed E-state index contributed by atoms with van der Waals surface area (Å²) in [6.45, 7) is 2.43. The first-order chi connectivity index (χ1) is 13.8. The number of primary amides is 1. The minimum atomic E-state index is -3.85. The van der Waals surface area contributed by atoms with Gasteiger partial charge in [-0.05, 0) is 55.7 Å². The molecule has 2 aliphatic rings. The van der Waals surface area contributed by atoms with Crippen LogP contribution in [0, 0.1) is 0 Å². The molecule has 152 valence electrons. The van der Waals surface area contributed by atoms with E-state index in [9.17, 15) is 18.0 Å². The maximum atomic E-state index is 13.5. The summed E-state index contributed by atoms with van der Waals surface area (Å²) in [5, 5.41) is 0. The van der Waals surface area contributed by atoms with Crippen molar-refractivity contribution in [2.24, 2.45) is 5.73 Å². The molecule has 0 bridgehead atoms. The van der Waals surface area contributed by atoms with Gasteiger partial charge in [0.1, 0.15) is 0 Å². The number of amides is 2. The highest BCUT2D eigenvalue weighted by molar-refractivity contribution is 7.92. The molecule has 0 unspecified atom stereocenters. The first-order valence-electron chi connectivity index (χ1n) is 9.64. The Morgan fingerprint density at radius 1 is 1.10 bits per heavy atom. The Labute approximate surface area is 170 Å². The number of nitrogens with zero attached hydrogens (tertiary/aromatic N) is 2. The second kappa shape index (κ2) is 7.18. The summed E-state index contributed by atoms with van der Waals surface area (Å²) in [6.07, 6.45) is 1.65. The van der Waals surface area contributed by atoms with Crippen LogP contribution >= 0.6 is 0 Å². The fourth-order valence-corrected chi connectivity index (χ4v) is 5.94. The molecule has 2 atom stereocenters. The van der Waals surface area contributed by atoms with Gasteiger partial charge in [0, 0.05) is 24.7 Å². The van der Waals surface area contributed by atoms with E-state index in [1.165, 1.54) is 16.4 Å². The molecule has 2 amide bonds. The molecule has 0 radical (unpaired) electrons. The Hall–Kier alpha value is -2.87. The van der Waals surface area contributed by atoms with Gasteiger partial charge in [0.2, 0.25) is 11.8 Å². The number of nitrogens with two attached hydrogens (primary N) is 1. The zero-order valence-corrected chi connectivity index (χ0v) is 16.9. The zero-order valence-electron chi connectivity index (χ0n) is 16.1. The van der Waals surface area contributed by atoms with E-state index in [1.54, 1.807) is 48.2 Å². The van der Waals surface area contributed by atoms with Crippen LogP contribution < -0.4 is 14.9 Å². The smallest absolute Gasteiger partial charge is 0.264 e. The Bertz CT molecular complexity index is 1070. The number of rotatable bonds is 4. The molecule has 0 saturated carbocycles. The first kappa shape index (κ1) is 19.4. The number of hydrogen-bond acceptors (Lipinski definition) is 4. The summed E-state index contributed by atoms with van der Waals surface area (Å²) in [6, 6.07) is 13.0. The third kappa shape index (κ3) is 3.27. The Morgan fingerprint density at radius 3 is 2.41 bits per heavy atom. The number of hydrogen-bond donors (Lipinski definition) is 1. The molecular weight excluding hydrogens is 390 g/mol. The van der Waals surface area contributed by atoms with Crippen LogP contribution in [0.4, 0.5) is 11.4 Å². The average molecular weight is 413 g/mol. The molecule has 7 nitrogen and oxygen atoms in total. The number of carbonyl (C=O) groups excluding carboxylic acids is 2. The second-order valence-corrected chi connectivity index (χ2v) is 9.36. The number of anilines is 2. The van der Waals surface area contributed by atoms with Crippen LogP contribution in [0.2, 0.25) is 0 Å². The summed E-state index contributed by atoms with van der Waals surface area (Å²) in [7, 11) is -3.85. The van der Waals surface area contributed by atoms with Crippen LogP contribution in [0.3, 0.4) is 0 Å². The number of fused-ring (bicyclic) bond motifs is 1. The highest BCUT2D eigenvalue weighted by Gasteiger charge is 2.39. The summed E-state index contributed by atoms with van der Waals surface area (Å²) in [5.74, 6) is -0.922. The molecule has 2 N–H and O–H groups in total. The Balaban J connectivity index is 1.72. The summed E-state index contributed by atoms with van der Waals surface area (Å²) in [5.41, 5.74) is 7.37. The highest BCUT2D eigenvalue weighted by Crippen LogP contribution is 2.41. The highest BCUT2D eigenvalue weighted by atomic mass is 32.2. The van der Waals surface area contributed by atoms with Crippen LogP contribution in [-0.2, 0) is 19.6 Å². The van der Waals surface area contributed by atoms with Gasteiger partial charge < -0.3 is 10.6 Å². The van der Waals surface area contributed by atoms with E-state index in [1.807, 2.05) is 0 Å². The monoisotopic (exact) mass is 413 g/mol. The third-order valence-electron chi connectivity index (χ3n) is 5.65. The minimum Gasteiger partial charge on any atom is -0.369 e. The normalized spacial score (nSPS) is 21.9. The van der Waals surface area contributed by atoms with Gasteiger partial charge in [-0.3, -0.25) is 13.9 Å². The fraction of sp³-hybridized carbons (Fsp3) is 0.333. The van der Waals surface area contributed by atoms with Crippen molar-refractivity contribution in [2.45, 2.75) is 43.0 Å². The van der Waals surface area contributed by atoms with Crippen molar-refractivity contribution in [3.63, 3.8) is 0 Å². The quantitative estimate of drug-likeness (QED) is 0.831. The largest absolute Gasteiger partial charge is 0.369 e. The Morgan fingerprint density at radius 2 is 1.79 bits per heavy atom. The standard InChI is InChI=1S/C21H23N3O4S/c1-14-13-18(21(22)26)17-5-2-3-6-19(17)24(14)29(27,28)16-10-8-15(9-11-16)23-12-4-7-20(23)25/h2-3,5-6,8-11,14,18H,4,7,12-13H2,1H3,(H2,22,26)/t14-,18-/m0/s1. The second-order valence-electron chi connectivity index (χ2n) is 7.54. The number of benzene rings is 2. The van der Waals surface area contributed by atoms with Gasteiger partial charge >= 0.3 is 0 Å². The van der Waals surface area contributed by atoms with E-state index in [2.05, 4.69) is 0 Å². The van der Waals surface area contributed by atoms with Gasteiger partial charge in [0.15, 0.2) is 0 Å². The van der Waals surface area contributed by atoms with Crippen molar-refractivity contribution in [1.29, 1.82) is 0 Å². The van der Waals surface area contributed by atoms with Gasteiger partial charge in [-0.2, -0.15) is 0 Å². The molecule has 2 aliphatic heterocycles. The van der Waals surface area contributed by atoms with Crippen molar-refractivity contribution in [1.82, 2.24) is 0 Å². The zero-order chi connectivity index (χ0) is 20.8. The van der Waals surface area contributed by atoms with Gasteiger partial charge in [-0.25, -0.2) is 8.42 Å². The minimum absolute atomic E-state index is 0.0525. The van der Waals surface area contributed by atoms with Crippen LogP contribution in [0.15, 0.2) is 53.4 Å². The molecule has 2 heterocycles. The number of sulfonamides is 1. The van der Waals surface area contributed by atoms with Gasteiger partial charge in [0.25, 0.3) is 10.0 Å². The summed E-state index contributed by atoms with van der Waals surface area (Å²) >= 11 is 0. The molecular formula is C21H23N3O4S. The van der Waals surface area contributed by atoms with Crippen molar-refractivity contribution >= 4 is 33.2 Å². The maximum Gasteiger partial charge on any atom is 0.264 e. The van der Waals surface area contributed by atoms with E-state index in [-0.39, 0.29) is 10.8 Å². The first-order valence-corrected chi connectivity index (χ1v) is 11.1. The van der Waals surface area contributed by atoms with Gasteiger partial charge in [-0.1, -0.05) is 18.2 Å². The molecule has 1 saturated heterocycles. The van der Waals surface area contributed by atoms with Crippen molar-refractivity contribution in [3.05, 3.63) is 54.1 Å². The Kier molecular flexibility index (Phi) is 4.82. The number of carbonyl (C=O) groups is 2. The van der Waals surface area contributed by atoms with Crippen molar-refractivity contribution in [3.8, 4) is 0 Å². The summed E-state index contributed by atoms with van der Waals surface area (Å²) in [4.78, 5) is 25.7. The van der Waals surface area contributed by atoms with E-state index in [0.717, 1.165) is 6.42 Å². The third-order valence-corrected chi connectivity index (χ3v) is 7.59. The SMILES string of the molecule is C[C@H]1C[C@H](C(N)=O)c2ccccc2N1S(=O)(=O)c1ccc(N2CCCC2=O)cc1. The predicted molar refractivity (Wildman–Crippen MR) is 110 cm³/mol. The molecule has 1 fully saturated rings. The lowest BCUT2D eigenvalue weighted by Gasteiger charge is -2.38. The molecule has 4 rings (SSSR count). The van der Waals surface area contributed by atoms with Gasteiger partial charge in [-0.15, -0.1) is 0 Å². The van der Waals surface area contributed by atoms with Crippen LogP contribution in [-0.4, -0.2) is 32.8 Å². The van der Waals surface area contributed by atoms with E-state index < -0.39 is 27.9 Å².